The molecule has 0 amide bonds. The molecule has 0 aliphatic carbocycles. The van der Waals surface area contributed by atoms with Crippen LogP contribution in [0.4, 0.5) is 0 Å². The fourth-order valence-electron chi connectivity index (χ4n) is 1.59. The van der Waals surface area contributed by atoms with Gasteiger partial charge in [-0.05, 0) is 6.07 Å². The van der Waals surface area contributed by atoms with Crippen molar-refractivity contribution in [3.63, 3.8) is 0 Å². The molecular weight excluding hydrogens is 230 g/mol. The van der Waals surface area contributed by atoms with E-state index in [0.717, 1.165) is 10.6 Å². The quantitative estimate of drug-likeness (QED) is 0.539. The maximum atomic E-state index is 11.5. The molecule has 92 valence electrons. The molecule has 1 aliphatic rings. The lowest BCUT2D eigenvalue weighted by Crippen LogP contribution is -2.30. The summed E-state index contributed by atoms with van der Waals surface area (Å²) >= 11 is 0. The van der Waals surface area contributed by atoms with Gasteiger partial charge in [-0.2, -0.15) is 0 Å². The van der Waals surface area contributed by atoms with Crippen molar-refractivity contribution < 1.29 is 25.2 Å². The van der Waals surface area contributed by atoms with Gasteiger partial charge in [0.1, 0.15) is 12.4 Å². The molecule has 2 heterocycles. The molecule has 1 unspecified atom stereocenters. The van der Waals surface area contributed by atoms with Crippen molar-refractivity contribution in [1.29, 1.82) is 0 Å². The lowest BCUT2D eigenvalue weighted by Gasteiger charge is -2.17. The summed E-state index contributed by atoms with van der Waals surface area (Å²) in [6, 6.07) is 2.19. The zero-order valence-electron chi connectivity index (χ0n) is 8.65. The molecule has 0 aromatic carbocycles. The van der Waals surface area contributed by atoms with Crippen molar-refractivity contribution in [3.05, 3.63) is 40.2 Å². The highest BCUT2D eigenvalue weighted by Gasteiger charge is 2.36. The van der Waals surface area contributed by atoms with E-state index in [1.807, 2.05) is 0 Å². The largest absolute Gasteiger partial charge is 0.508 e. The third kappa shape index (κ3) is 1.85. The van der Waals surface area contributed by atoms with E-state index in [4.69, 9.17) is 14.9 Å². The molecule has 2 atom stereocenters. The molecule has 7 heteroatoms. The Morgan fingerprint density at radius 3 is 2.65 bits per heavy atom. The van der Waals surface area contributed by atoms with Crippen LogP contribution in [0, 0.1) is 0 Å². The predicted molar refractivity (Wildman–Crippen MR) is 55.2 cm³/mol. The lowest BCUT2D eigenvalue weighted by molar-refractivity contribution is -0.0164. The summed E-state index contributed by atoms with van der Waals surface area (Å²) in [6.07, 6.45) is -1.36. The third-order valence-corrected chi connectivity index (χ3v) is 2.45. The summed E-state index contributed by atoms with van der Waals surface area (Å²) in [7, 11) is 0. The van der Waals surface area contributed by atoms with Crippen LogP contribution in [0.5, 0.6) is 5.75 Å². The Kier molecular flexibility index (Phi) is 2.78. The Morgan fingerprint density at radius 1 is 1.41 bits per heavy atom. The van der Waals surface area contributed by atoms with Gasteiger partial charge in [-0.25, -0.2) is 0 Å². The van der Waals surface area contributed by atoms with Crippen LogP contribution in [-0.4, -0.2) is 37.7 Å². The molecule has 17 heavy (non-hydrogen) atoms. The summed E-state index contributed by atoms with van der Waals surface area (Å²) in [4.78, 5) is 11.5. The smallest absolute Gasteiger partial charge is 0.257 e. The molecule has 0 bridgehead atoms. The summed E-state index contributed by atoms with van der Waals surface area (Å²) in [5.41, 5.74) is -0.596. The predicted octanol–water partition coefficient (Wildman–Crippen LogP) is -0.794. The first-order valence-corrected chi connectivity index (χ1v) is 4.83. The average molecular weight is 241 g/mol. The van der Waals surface area contributed by atoms with Gasteiger partial charge in [-0.1, -0.05) is 0 Å². The number of aliphatic hydroxyl groups excluding tert-OH is 3. The van der Waals surface area contributed by atoms with E-state index < -0.39 is 30.3 Å². The van der Waals surface area contributed by atoms with Crippen LogP contribution in [0.2, 0.25) is 0 Å². The van der Waals surface area contributed by atoms with Gasteiger partial charge in [-0.3, -0.25) is 9.36 Å². The topological polar surface area (TPSA) is 112 Å². The molecule has 0 fully saturated rings. The number of hydrogen-bond donors (Lipinski definition) is 4. The monoisotopic (exact) mass is 241 g/mol. The molecule has 4 N–H and O–H groups in total. The minimum atomic E-state index is -1.43. The van der Waals surface area contributed by atoms with Gasteiger partial charge < -0.3 is 25.2 Å². The van der Waals surface area contributed by atoms with E-state index in [9.17, 15) is 15.0 Å². The second kappa shape index (κ2) is 4.11. The highest BCUT2D eigenvalue weighted by molar-refractivity contribution is 5.18. The van der Waals surface area contributed by atoms with Gasteiger partial charge in [0.25, 0.3) is 5.56 Å². The van der Waals surface area contributed by atoms with Gasteiger partial charge in [0, 0.05) is 12.3 Å². The summed E-state index contributed by atoms with van der Waals surface area (Å²) in [5, 5.41) is 37.0. The van der Waals surface area contributed by atoms with Crippen molar-refractivity contribution in [3.8, 4) is 5.75 Å². The van der Waals surface area contributed by atoms with Crippen LogP contribution in [-0.2, 0) is 4.74 Å². The minimum Gasteiger partial charge on any atom is -0.508 e. The number of nitrogens with zero attached hydrogens (tertiary/aromatic N) is 1. The van der Waals surface area contributed by atoms with Crippen LogP contribution in [0.25, 0.3) is 0 Å². The van der Waals surface area contributed by atoms with Gasteiger partial charge in [0.2, 0.25) is 6.23 Å². The van der Waals surface area contributed by atoms with E-state index in [-0.39, 0.29) is 11.5 Å². The van der Waals surface area contributed by atoms with Crippen LogP contribution >= 0.6 is 0 Å². The molecule has 7 nitrogen and oxygen atoms in total. The Morgan fingerprint density at radius 2 is 2.12 bits per heavy atom. The molecule has 0 saturated heterocycles. The maximum Gasteiger partial charge on any atom is 0.257 e. The van der Waals surface area contributed by atoms with E-state index >= 15 is 0 Å². The second-order valence-corrected chi connectivity index (χ2v) is 3.55. The van der Waals surface area contributed by atoms with Gasteiger partial charge in [0.05, 0.1) is 0 Å². The van der Waals surface area contributed by atoms with Crippen LogP contribution < -0.4 is 5.56 Å². The normalized spacial score (nSPS) is 23.9. The molecule has 0 spiro atoms. The van der Waals surface area contributed by atoms with Gasteiger partial charge >= 0.3 is 0 Å². The number of pyridine rings is 1. The number of aromatic nitrogens is 1. The first-order valence-electron chi connectivity index (χ1n) is 4.83. The van der Waals surface area contributed by atoms with Gasteiger partial charge in [-0.15, -0.1) is 0 Å². The average Bonchev–Trinajstić information content (AvgIpc) is 2.57. The minimum absolute atomic E-state index is 0.178. The second-order valence-electron chi connectivity index (χ2n) is 3.55. The van der Waals surface area contributed by atoms with Crippen molar-refractivity contribution in [2.75, 3.05) is 6.61 Å². The summed E-state index contributed by atoms with van der Waals surface area (Å²) in [6.45, 7) is -0.577. The first-order chi connectivity index (χ1) is 8.04. The van der Waals surface area contributed by atoms with E-state index in [0.29, 0.717) is 0 Å². The highest BCUT2D eigenvalue weighted by atomic mass is 16.5. The molecule has 1 aliphatic heterocycles. The molecule has 1 aromatic rings. The first kappa shape index (κ1) is 11.5. The van der Waals surface area contributed by atoms with Crippen LogP contribution in [0.15, 0.2) is 34.6 Å². The number of rotatable bonds is 2. The number of ether oxygens (including phenoxy) is 1. The van der Waals surface area contributed by atoms with Crippen molar-refractivity contribution in [2.24, 2.45) is 0 Å². The van der Waals surface area contributed by atoms with Crippen molar-refractivity contribution in [2.45, 2.75) is 12.3 Å². The van der Waals surface area contributed by atoms with E-state index in [2.05, 4.69) is 0 Å². The Bertz CT molecular complexity index is 520. The molecular formula is C10H11NO6. The number of aromatic hydroxyl groups is 1. The van der Waals surface area contributed by atoms with Crippen molar-refractivity contribution >= 4 is 0 Å². The fraction of sp³-hybridized carbons (Fsp3) is 0.300. The standard InChI is InChI=1S/C10H11NO6/c12-4-6-8(15)9(16)10(17-6)11-2-1-5(13)3-7(11)14/h1-3,9-10,12-13,15-16H,4H2/t9?,10-/m1/s1. The SMILES string of the molecule is O=c1cc(O)ccn1[C@@H]1OC(CO)=C(O)C1O. The van der Waals surface area contributed by atoms with Crippen LogP contribution in [0.3, 0.4) is 0 Å². The molecule has 2 rings (SSSR count). The third-order valence-electron chi connectivity index (χ3n) is 2.45. The Labute approximate surface area is 95.4 Å². The van der Waals surface area contributed by atoms with E-state index in [1.165, 1.54) is 12.3 Å². The van der Waals surface area contributed by atoms with Crippen molar-refractivity contribution in [1.82, 2.24) is 4.57 Å². The Hall–Kier alpha value is -1.99. The number of aliphatic hydroxyl groups is 3. The number of hydrogen-bond acceptors (Lipinski definition) is 6. The zero-order valence-corrected chi connectivity index (χ0v) is 8.65. The Balaban J connectivity index is 2.35. The zero-order chi connectivity index (χ0) is 12.6. The molecule has 0 saturated carbocycles. The molecule has 1 aromatic heterocycles. The van der Waals surface area contributed by atoms with E-state index in [1.54, 1.807) is 0 Å². The lowest BCUT2D eigenvalue weighted by atomic mass is 10.2. The fourth-order valence-corrected chi connectivity index (χ4v) is 1.59. The molecule has 0 radical (unpaired) electrons. The summed E-state index contributed by atoms with van der Waals surface area (Å²) < 4.78 is 6.06. The van der Waals surface area contributed by atoms with Crippen LogP contribution in [0.1, 0.15) is 6.23 Å². The summed E-state index contributed by atoms with van der Waals surface area (Å²) in [5.74, 6) is -0.891. The van der Waals surface area contributed by atoms with Gasteiger partial charge in [0.15, 0.2) is 17.6 Å². The maximum absolute atomic E-state index is 11.5. The highest BCUT2D eigenvalue weighted by Crippen LogP contribution is 2.30.